The molecular weight excluding hydrogens is 188 g/mol. The Bertz CT molecular complexity index is 402. The summed E-state index contributed by atoms with van der Waals surface area (Å²) in [6, 6.07) is 6.00. The average molecular weight is 204 g/mol. The third kappa shape index (κ3) is 2.34. The fourth-order valence-corrected chi connectivity index (χ4v) is 1.64. The van der Waals surface area contributed by atoms with Crippen LogP contribution in [-0.4, -0.2) is 34.4 Å². The van der Waals surface area contributed by atoms with Crippen molar-refractivity contribution in [2.24, 2.45) is 5.73 Å². The molecule has 0 aliphatic heterocycles. The molecule has 0 saturated carbocycles. The second kappa shape index (κ2) is 4.42. The number of fused-ring (bicyclic) bond motifs is 1. The largest absolute Gasteiger partial charge is 0.329 e. The van der Waals surface area contributed by atoms with Crippen LogP contribution in [-0.2, 0) is 6.54 Å². The molecule has 0 radical (unpaired) electrons. The number of hydrogen-bond donors (Lipinski definition) is 1. The minimum atomic E-state index is 0.684. The van der Waals surface area contributed by atoms with Crippen LogP contribution in [0.25, 0.3) is 5.65 Å². The second-order valence-electron chi connectivity index (χ2n) is 3.72. The second-order valence-corrected chi connectivity index (χ2v) is 3.72. The molecule has 2 N–H and O–H groups in total. The van der Waals surface area contributed by atoms with Crippen molar-refractivity contribution >= 4 is 5.65 Å². The molecule has 2 aromatic rings. The molecule has 0 fully saturated rings. The topological polar surface area (TPSA) is 46.6 Å². The van der Waals surface area contributed by atoms with Gasteiger partial charge in [-0.25, -0.2) is 4.98 Å². The van der Waals surface area contributed by atoms with Gasteiger partial charge in [0.15, 0.2) is 0 Å². The molecule has 15 heavy (non-hydrogen) atoms. The Morgan fingerprint density at radius 2 is 2.33 bits per heavy atom. The molecule has 0 bridgehead atoms. The highest BCUT2D eigenvalue weighted by atomic mass is 15.1. The van der Waals surface area contributed by atoms with Gasteiger partial charge in [0.25, 0.3) is 0 Å². The highest BCUT2D eigenvalue weighted by Gasteiger charge is 2.03. The van der Waals surface area contributed by atoms with Crippen LogP contribution >= 0.6 is 0 Å². The van der Waals surface area contributed by atoms with Crippen LogP contribution in [0.1, 0.15) is 5.69 Å². The van der Waals surface area contributed by atoms with Crippen molar-refractivity contribution in [3.8, 4) is 0 Å². The number of imidazole rings is 1. The Kier molecular flexibility index (Phi) is 2.99. The van der Waals surface area contributed by atoms with Crippen LogP contribution in [0.4, 0.5) is 0 Å². The minimum absolute atomic E-state index is 0.684. The van der Waals surface area contributed by atoms with Gasteiger partial charge in [-0.3, -0.25) is 4.90 Å². The zero-order valence-electron chi connectivity index (χ0n) is 8.93. The molecule has 2 aromatic heterocycles. The van der Waals surface area contributed by atoms with Crippen molar-refractivity contribution in [1.82, 2.24) is 14.3 Å². The van der Waals surface area contributed by atoms with E-state index in [0.717, 1.165) is 24.4 Å². The molecule has 80 valence electrons. The van der Waals surface area contributed by atoms with Gasteiger partial charge in [-0.1, -0.05) is 6.07 Å². The average Bonchev–Trinajstić information content (AvgIpc) is 2.59. The minimum Gasteiger partial charge on any atom is -0.329 e. The fourth-order valence-electron chi connectivity index (χ4n) is 1.64. The first kappa shape index (κ1) is 10.1. The Hall–Kier alpha value is -1.39. The van der Waals surface area contributed by atoms with Gasteiger partial charge < -0.3 is 10.1 Å². The summed E-state index contributed by atoms with van der Waals surface area (Å²) >= 11 is 0. The lowest BCUT2D eigenvalue weighted by Gasteiger charge is -2.12. The van der Waals surface area contributed by atoms with E-state index in [-0.39, 0.29) is 0 Å². The maximum atomic E-state index is 5.49. The molecule has 0 aliphatic carbocycles. The third-order valence-corrected chi connectivity index (χ3v) is 2.36. The molecule has 2 heterocycles. The summed E-state index contributed by atoms with van der Waals surface area (Å²) < 4.78 is 2.03. The molecule has 4 heteroatoms. The quantitative estimate of drug-likeness (QED) is 0.798. The van der Waals surface area contributed by atoms with E-state index in [4.69, 9.17) is 5.73 Å². The predicted molar refractivity (Wildman–Crippen MR) is 60.6 cm³/mol. The van der Waals surface area contributed by atoms with Crippen LogP contribution in [0.5, 0.6) is 0 Å². The van der Waals surface area contributed by atoms with Gasteiger partial charge in [0.2, 0.25) is 0 Å². The van der Waals surface area contributed by atoms with Crippen molar-refractivity contribution in [2.45, 2.75) is 6.54 Å². The Balaban J connectivity index is 2.15. The number of likely N-dealkylation sites (N-methyl/N-ethyl adjacent to an activating group) is 1. The highest BCUT2D eigenvalue weighted by Crippen LogP contribution is 2.05. The molecule has 4 nitrogen and oxygen atoms in total. The maximum Gasteiger partial charge on any atom is 0.137 e. The normalized spacial score (nSPS) is 11.4. The molecule has 0 atom stereocenters. The monoisotopic (exact) mass is 204 g/mol. The van der Waals surface area contributed by atoms with Gasteiger partial charge in [-0.15, -0.1) is 0 Å². The van der Waals surface area contributed by atoms with E-state index in [2.05, 4.69) is 23.1 Å². The van der Waals surface area contributed by atoms with Crippen LogP contribution in [0.3, 0.4) is 0 Å². The Labute approximate surface area is 89.3 Å². The summed E-state index contributed by atoms with van der Waals surface area (Å²) in [4.78, 5) is 6.68. The summed E-state index contributed by atoms with van der Waals surface area (Å²) in [7, 11) is 2.05. The number of nitrogens with two attached hydrogens (primary N) is 1. The van der Waals surface area contributed by atoms with Crippen molar-refractivity contribution in [1.29, 1.82) is 0 Å². The molecule has 0 amide bonds. The van der Waals surface area contributed by atoms with Gasteiger partial charge in [0.05, 0.1) is 5.69 Å². The fraction of sp³-hybridized carbons (Fsp3) is 0.364. The van der Waals surface area contributed by atoms with E-state index in [0.29, 0.717) is 6.54 Å². The maximum absolute atomic E-state index is 5.49. The third-order valence-electron chi connectivity index (χ3n) is 2.36. The number of pyridine rings is 1. The van der Waals surface area contributed by atoms with Crippen molar-refractivity contribution in [2.75, 3.05) is 20.1 Å². The van der Waals surface area contributed by atoms with Crippen molar-refractivity contribution in [3.63, 3.8) is 0 Å². The van der Waals surface area contributed by atoms with Crippen LogP contribution in [0.2, 0.25) is 0 Å². The first-order valence-electron chi connectivity index (χ1n) is 5.11. The standard InChI is InChI=1S/C11H16N4/c1-14(7-5-12)8-10-9-15-6-3-2-4-11(15)13-10/h2-4,6,9H,5,7-8,12H2,1H3. The molecule has 0 aromatic carbocycles. The number of rotatable bonds is 4. The number of nitrogens with zero attached hydrogens (tertiary/aromatic N) is 3. The van der Waals surface area contributed by atoms with Crippen LogP contribution < -0.4 is 5.73 Å². The van der Waals surface area contributed by atoms with Gasteiger partial charge >= 0.3 is 0 Å². The summed E-state index contributed by atoms with van der Waals surface area (Å²) in [5.41, 5.74) is 7.57. The van der Waals surface area contributed by atoms with Gasteiger partial charge in [0, 0.05) is 32.0 Å². The molecular formula is C11H16N4. The Morgan fingerprint density at radius 1 is 1.47 bits per heavy atom. The zero-order valence-corrected chi connectivity index (χ0v) is 8.93. The van der Waals surface area contributed by atoms with Crippen molar-refractivity contribution in [3.05, 3.63) is 36.3 Å². The summed E-state index contributed by atoms with van der Waals surface area (Å²) in [6.45, 7) is 2.43. The van der Waals surface area contributed by atoms with Gasteiger partial charge in [-0.2, -0.15) is 0 Å². The predicted octanol–water partition coefficient (Wildman–Crippen LogP) is 0.725. The van der Waals surface area contributed by atoms with Crippen molar-refractivity contribution < 1.29 is 0 Å². The number of aromatic nitrogens is 2. The van der Waals surface area contributed by atoms with Crippen LogP contribution in [0, 0.1) is 0 Å². The SMILES string of the molecule is CN(CCN)Cc1cn2ccccc2n1. The van der Waals surface area contributed by atoms with E-state index in [1.165, 1.54) is 0 Å². The lowest BCUT2D eigenvalue weighted by Crippen LogP contribution is -2.25. The summed E-state index contributed by atoms with van der Waals surface area (Å²) in [5, 5.41) is 0. The van der Waals surface area contributed by atoms with Gasteiger partial charge in [-0.05, 0) is 19.2 Å². The number of hydrogen-bond acceptors (Lipinski definition) is 3. The molecule has 2 rings (SSSR count). The Morgan fingerprint density at radius 3 is 3.07 bits per heavy atom. The molecule has 0 unspecified atom stereocenters. The van der Waals surface area contributed by atoms with E-state index in [1.54, 1.807) is 0 Å². The summed E-state index contributed by atoms with van der Waals surface area (Å²) in [6.07, 6.45) is 4.07. The first-order valence-corrected chi connectivity index (χ1v) is 5.11. The zero-order chi connectivity index (χ0) is 10.7. The first-order chi connectivity index (χ1) is 7.29. The lowest BCUT2D eigenvalue weighted by atomic mass is 10.4. The lowest BCUT2D eigenvalue weighted by molar-refractivity contribution is 0.333. The highest BCUT2D eigenvalue weighted by molar-refractivity contribution is 5.39. The molecule has 0 saturated heterocycles. The summed E-state index contributed by atoms with van der Waals surface area (Å²) in [5.74, 6) is 0. The van der Waals surface area contributed by atoms with E-state index >= 15 is 0 Å². The van der Waals surface area contributed by atoms with E-state index < -0.39 is 0 Å². The van der Waals surface area contributed by atoms with E-state index in [9.17, 15) is 0 Å². The molecule has 0 aliphatic rings. The molecule has 0 spiro atoms. The smallest absolute Gasteiger partial charge is 0.137 e. The van der Waals surface area contributed by atoms with Gasteiger partial charge in [0.1, 0.15) is 5.65 Å². The van der Waals surface area contributed by atoms with Crippen LogP contribution in [0.15, 0.2) is 30.6 Å². The van der Waals surface area contributed by atoms with E-state index in [1.807, 2.05) is 28.8 Å².